The number of carboxylic acid groups (broad SMARTS) is 1. The molecule has 4 heteroatoms. The molecule has 0 amide bonds. The van der Waals surface area contributed by atoms with E-state index in [-0.39, 0.29) is 6.29 Å². The molecule has 0 aliphatic carbocycles. The normalized spacial score (nSPS) is 24.5. The van der Waals surface area contributed by atoms with E-state index >= 15 is 0 Å². The van der Waals surface area contributed by atoms with Crippen LogP contribution in [0, 0.1) is 0 Å². The second-order valence-corrected chi connectivity index (χ2v) is 3.55. The predicted octanol–water partition coefficient (Wildman–Crippen LogP) is 1.78. The van der Waals surface area contributed by atoms with E-state index in [0.29, 0.717) is 13.0 Å². The van der Waals surface area contributed by atoms with Gasteiger partial charge in [-0.25, -0.2) is 4.79 Å². The molecule has 0 bridgehead atoms. The standard InChI is InChI=1S/C10H18O4/c1-2-5-8(10(11)12)14-9-6-3-4-7-13-9/h8-9H,2-7H2,1H3,(H,11,12). The predicted molar refractivity (Wildman–Crippen MR) is 51.0 cm³/mol. The van der Waals surface area contributed by atoms with Crippen LogP contribution in [0.2, 0.25) is 0 Å². The lowest BCUT2D eigenvalue weighted by Gasteiger charge is -2.25. The van der Waals surface area contributed by atoms with Crippen LogP contribution >= 0.6 is 0 Å². The van der Waals surface area contributed by atoms with E-state index in [9.17, 15) is 4.79 Å². The fourth-order valence-electron chi connectivity index (χ4n) is 1.51. The topological polar surface area (TPSA) is 55.8 Å². The van der Waals surface area contributed by atoms with Crippen LogP contribution in [-0.2, 0) is 14.3 Å². The van der Waals surface area contributed by atoms with Crippen molar-refractivity contribution >= 4 is 5.97 Å². The maximum Gasteiger partial charge on any atom is 0.332 e. The lowest BCUT2D eigenvalue weighted by atomic mass is 10.2. The molecule has 1 N–H and O–H groups in total. The number of hydrogen-bond donors (Lipinski definition) is 1. The maximum absolute atomic E-state index is 10.8. The van der Waals surface area contributed by atoms with Gasteiger partial charge in [-0.05, 0) is 25.7 Å². The van der Waals surface area contributed by atoms with Crippen molar-refractivity contribution in [2.75, 3.05) is 6.61 Å². The Balaban J connectivity index is 2.33. The molecule has 0 saturated carbocycles. The largest absolute Gasteiger partial charge is 0.479 e. The van der Waals surface area contributed by atoms with Crippen LogP contribution in [0.15, 0.2) is 0 Å². The van der Waals surface area contributed by atoms with Crippen molar-refractivity contribution in [2.24, 2.45) is 0 Å². The van der Waals surface area contributed by atoms with Gasteiger partial charge in [-0.3, -0.25) is 0 Å². The third-order valence-electron chi connectivity index (χ3n) is 2.28. The minimum Gasteiger partial charge on any atom is -0.479 e. The molecule has 1 aliphatic heterocycles. The van der Waals surface area contributed by atoms with Gasteiger partial charge in [0.05, 0.1) is 0 Å². The molecule has 0 aromatic rings. The number of carbonyl (C=O) groups is 1. The minimum atomic E-state index is -0.888. The van der Waals surface area contributed by atoms with E-state index in [0.717, 1.165) is 25.7 Å². The van der Waals surface area contributed by atoms with E-state index in [1.165, 1.54) is 0 Å². The Hall–Kier alpha value is -0.610. The molecule has 2 atom stereocenters. The fourth-order valence-corrected chi connectivity index (χ4v) is 1.51. The van der Waals surface area contributed by atoms with Gasteiger partial charge in [0, 0.05) is 6.61 Å². The quantitative estimate of drug-likeness (QED) is 0.738. The molecule has 1 rings (SSSR count). The SMILES string of the molecule is CCCC(OC1CCCCO1)C(=O)O. The number of hydrogen-bond acceptors (Lipinski definition) is 3. The second-order valence-electron chi connectivity index (χ2n) is 3.55. The van der Waals surface area contributed by atoms with Gasteiger partial charge in [0.25, 0.3) is 0 Å². The third-order valence-corrected chi connectivity index (χ3v) is 2.28. The van der Waals surface area contributed by atoms with Crippen LogP contribution in [-0.4, -0.2) is 30.1 Å². The van der Waals surface area contributed by atoms with Gasteiger partial charge in [0.15, 0.2) is 12.4 Å². The Bertz CT molecular complexity index is 175. The molecule has 0 aromatic heterocycles. The molecule has 1 fully saturated rings. The molecule has 0 spiro atoms. The summed E-state index contributed by atoms with van der Waals surface area (Å²) < 4.78 is 10.7. The van der Waals surface area contributed by atoms with Gasteiger partial charge in [-0.2, -0.15) is 0 Å². The summed E-state index contributed by atoms with van der Waals surface area (Å²) in [5.74, 6) is -0.888. The first kappa shape index (κ1) is 11.5. The summed E-state index contributed by atoms with van der Waals surface area (Å²) in [6, 6.07) is 0. The average molecular weight is 202 g/mol. The van der Waals surface area contributed by atoms with Gasteiger partial charge >= 0.3 is 5.97 Å². The van der Waals surface area contributed by atoms with Gasteiger partial charge < -0.3 is 14.6 Å². The minimum absolute atomic E-state index is 0.309. The molecule has 2 unspecified atom stereocenters. The lowest BCUT2D eigenvalue weighted by Crippen LogP contribution is -2.32. The zero-order chi connectivity index (χ0) is 10.4. The van der Waals surface area contributed by atoms with Crippen molar-refractivity contribution in [3.63, 3.8) is 0 Å². The zero-order valence-electron chi connectivity index (χ0n) is 8.57. The Morgan fingerprint density at radius 1 is 1.64 bits per heavy atom. The van der Waals surface area contributed by atoms with Crippen molar-refractivity contribution in [3.05, 3.63) is 0 Å². The van der Waals surface area contributed by atoms with Crippen molar-refractivity contribution in [2.45, 2.75) is 51.4 Å². The summed E-state index contributed by atoms with van der Waals surface area (Å²) in [5.41, 5.74) is 0. The molecule has 4 nitrogen and oxygen atoms in total. The molecule has 1 aliphatic rings. The second kappa shape index (κ2) is 5.98. The van der Waals surface area contributed by atoms with E-state index in [1.807, 2.05) is 6.92 Å². The molecule has 14 heavy (non-hydrogen) atoms. The summed E-state index contributed by atoms with van der Waals surface area (Å²) in [6.07, 6.45) is 3.26. The Kier molecular flexibility index (Phi) is 4.90. The number of rotatable bonds is 5. The monoisotopic (exact) mass is 202 g/mol. The first-order valence-electron chi connectivity index (χ1n) is 5.24. The molecule has 1 heterocycles. The molecule has 1 saturated heterocycles. The maximum atomic E-state index is 10.8. The highest BCUT2D eigenvalue weighted by Gasteiger charge is 2.23. The van der Waals surface area contributed by atoms with E-state index in [1.54, 1.807) is 0 Å². The molecule has 82 valence electrons. The van der Waals surface area contributed by atoms with E-state index in [2.05, 4.69) is 0 Å². The Morgan fingerprint density at radius 2 is 2.43 bits per heavy atom. The first-order valence-corrected chi connectivity index (χ1v) is 5.24. The fraction of sp³-hybridized carbons (Fsp3) is 0.900. The van der Waals surface area contributed by atoms with Crippen LogP contribution in [0.1, 0.15) is 39.0 Å². The molecule has 0 radical (unpaired) electrons. The van der Waals surface area contributed by atoms with Crippen molar-refractivity contribution in [1.29, 1.82) is 0 Å². The highest BCUT2D eigenvalue weighted by molar-refractivity contribution is 5.72. The summed E-state index contributed by atoms with van der Waals surface area (Å²) in [7, 11) is 0. The van der Waals surface area contributed by atoms with Crippen LogP contribution in [0.3, 0.4) is 0 Å². The molecular weight excluding hydrogens is 184 g/mol. The highest BCUT2D eigenvalue weighted by atomic mass is 16.7. The summed E-state index contributed by atoms with van der Waals surface area (Å²) in [4.78, 5) is 10.8. The average Bonchev–Trinajstić information content (AvgIpc) is 2.18. The van der Waals surface area contributed by atoms with Crippen LogP contribution < -0.4 is 0 Å². The Morgan fingerprint density at radius 3 is 2.93 bits per heavy atom. The summed E-state index contributed by atoms with van der Waals surface area (Å²) >= 11 is 0. The number of aliphatic carboxylic acids is 1. The van der Waals surface area contributed by atoms with E-state index < -0.39 is 12.1 Å². The van der Waals surface area contributed by atoms with E-state index in [4.69, 9.17) is 14.6 Å². The lowest BCUT2D eigenvalue weighted by molar-refractivity contribution is -0.201. The summed E-state index contributed by atoms with van der Waals surface area (Å²) in [6.45, 7) is 2.63. The summed E-state index contributed by atoms with van der Waals surface area (Å²) in [5, 5.41) is 8.85. The van der Waals surface area contributed by atoms with Gasteiger partial charge in [0.1, 0.15) is 0 Å². The first-order chi connectivity index (χ1) is 6.74. The smallest absolute Gasteiger partial charge is 0.332 e. The molecular formula is C10H18O4. The number of ether oxygens (including phenoxy) is 2. The van der Waals surface area contributed by atoms with Gasteiger partial charge in [-0.1, -0.05) is 13.3 Å². The van der Waals surface area contributed by atoms with Gasteiger partial charge in [-0.15, -0.1) is 0 Å². The Labute approximate surface area is 84.2 Å². The van der Waals surface area contributed by atoms with Crippen molar-refractivity contribution in [3.8, 4) is 0 Å². The zero-order valence-corrected chi connectivity index (χ0v) is 8.57. The van der Waals surface area contributed by atoms with Gasteiger partial charge in [0.2, 0.25) is 0 Å². The van der Waals surface area contributed by atoms with Crippen molar-refractivity contribution < 1.29 is 19.4 Å². The number of carboxylic acids is 1. The third kappa shape index (κ3) is 3.64. The van der Waals surface area contributed by atoms with Crippen LogP contribution in [0.4, 0.5) is 0 Å². The van der Waals surface area contributed by atoms with Crippen molar-refractivity contribution in [1.82, 2.24) is 0 Å². The molecule has 0 aromatic carbocycles. The van der Waals surface area contributed by atoms with Crippen LogP contribution in [0.5, 0.6) is 0 Å². The highest BCUT2D eigenvalue weighted by Crippen LogP contribution is 2.17. The van der Waals surface area contributed by atoms with Crippen LogP contribution in [0.25, 0.3) is 0 Å².